The number of methoxy groups -OCH3 is 1. The third-order valence-electron chi connectivity index (χ3n) is 2.91. The molecule has 0 atom stereocenters. The Hall–Kier alpha value is -2.56. The molecule has 0 aliphatic heterocycles. The van der Waals surface area contributed by atoms with Gasteiger partial charge < -0.3 is 15.8 Å². The molecule has 4 nitrogen and oxygen atoms in total. The number of hydrogen-bond acceptors (Lipinski definition) is 3. The van der Waals surface area contributed by atoms with Crippen molar-refractivity contribution >= 4 is 11.6 Å². The number of carbonyl (C=O) groups is 1. The third kappa shape index (κ3) is 3.06. The van der Waals surface area contributed by atoms with Gasteiger partial charge in [-0.05, 0) is 30.3 Å². The fourth-order valence-electron chi connectivity index (χ4n) is 1.84. The van der Waals surface area contributed by atoms with Crippen LogP contribution in [0.1, 0.15) is 15.9 Å². The molecule has 2 aromatic rings. The number of hydrogen-bond donors (Lipinski definition) is 2. The lowest BCUT2D eigenvalue weighted by Crippen LogP contribution is -2.12. The Kier molecular flexibility index (Phi) is 4.20. The first-order valence-electron chi connectivity index (χ1n) is 6.07. The molecule has 0 aromatic heterocycles. The third-order valence-corrected chi connectivity index (χ3v) is 2.91. The molecule has 0 spiro atoms. The summed E-state index contributed by atoms with van der Waals surface area (Å²) in [5.74, 6) is -0.306. The highest BCUT2D eigenvalue weighted by molar-refractivity contribution is 5.92. The van der Waals surface area contributed by atoms with Crippen LogP contribution in [0.3, 0.4) is 0 Å². The number of carbonyl (C=O) groups excluding carboxylic acids is 1. The molecule has 2 aromatic carbocycles. The smallest absolute Gasteiger partial charge is 0.248 e. The molecule has 0 aliphatic carbocycles. The fraction of sp³-hybridized carbons (Fsp3) is 0.133. The van der Waals surface area contributed by atoms with Crippen molar-refractivity contribution in [3.8, 4) is 5.75 Å². The average molecular weight is 274 g/mol. The zero-order valence-electron chi connectivity index (χ0n) is 11.0. The number of amides is 1. The van der Waals surface area contributed by atoms with E-state index >= 15 is 0 Å². The fourth-order valence-corrected chi connectivity index (χ4v) is 1.84. The molecule has 0 heterocycles. The van der Waals surface area contributed by atoms with E-state index in [1.165, 1.54) is 18.2 Å². The van der Waals surface area contributed by atoms with Crippen molar-refractivity contribution in [2.45, 2.75) is 6.54 Å². The number of anilines is 1. The highest BCUT2D eigenvalue weighted by Crippen LogP contribution is 2.24. The van der Waals surface area contributed by atoms with Gasteiger partial charge in [0.05, 0.1) is 12.8 Å². The molecule has 0 saturated carbocycles. The number of benzene rings is 2. The number of para-hydroxylation sites is 2. The number of nitrogens with two attached hydrogens (primary N) is 1. The second-order valence-corrected chi connectivity index (χ2v) is 4.22. The molecule has 1 amide bonds. The Balaban J connectivity index is 2.18. The van der Waals surface area contributed by atoms with E-state index < -0.39 is 11.7 Å². The van der Waals surface area contributed by atoms with Gasteiger partial charge >= 0.3 is 0 Å². The van der Waals surface area contributed by atoms with E-state index in [9.17, 15) is 9.18 Å². The average Bonchev–Trinajstić information content (AvgIpc) is 2.46. The maximum Gasteiger partial charge on any atom is 0.248 e. The van der Waals surface area contributed by atoms with Crippen molar-refractivity contribution < 1.29 is 13.9 Å². The highest BCUT2D eigenvalue weighted by Gasteiger charge is 2.08. The van der Waals surface area contributed by atoms with Crippen LogP contribution in [0.2, 0.25) is 0 Å². The maximum absolute atomic E-state index is 13.7. The number of primary amides is 1. The molecule has 0 radical (unpaired) electrons. The molecule has 20 heavy (non-hydrogen) atoms. The zero-order chi connectivity index (χ0) is 14.5. The molecule has 0 aliphatic rings. The standard InChI is InChI=1S/C15H15FN2O2/c1-20-14-5-3-2-4-13(14)18-9-11-8-10(15(17)19)6-7-12(11)16/h2-8,18H,9H2,1H3,(H2,17,19). The van der Waals surface area contributed by atoms with Crippen molar-refractivity contribution in [3.05, 3.63) is 59.4 Å². The Bertz CT molecular complexity index is 629. The molecule has 0 bridgehead atoms. The van der Waals surface area contributed by atoms with Crippen molar-refractivity contribution in [2.75, 3.05) is 12.4 Å². The van der Waals surface area contributed by atoms with Crippen molar-refractivity contribution in [1.29, 1.82) is 0 Å². The molecule has 5 heteroatoms. The van der Waals surface area contributed by atoms with Gasteiger partial charge in [0.25, 0.3) is 0 Å². The van der Waals surface area contributed by atoms with Gasteiger partial charge in [0.1, 0.15) is 11.6 Å². The second-order valence-electron chi connectivity index (χ2n) is 4.22. The van der Waals surface area contributed by atoms with Crippen LogP contribution in [-0.2, 0) is 6.54 Å². The van der Waals surface area contributed by atoms with E-state index in [1.54, 1.807) is 13.2 Å². The quantitative estimate of drug-likeness (QED) is 0.880. The summed E-state index contributed by atoms with van der Waals surface area (Å²) in [7, 11) is 1.56. The van der Waals surface area contributed by atoms with E-state index in [2.05, 4.69) is 5.32 Å². The van der Waals surface area contributed by atoms with Gasteiger partial charge in [-0.2, -0.15) is 0 Å². The maximum atomic E-state index is 13.7. The molecule has 0 saturated heterocycles. The van der Waals surface area contributed by atoms with Crippen LogP contribution in [0.4, 0.5) is 10.1 Å². The summed E-state index contributed by atoms with van der Waals surface area (Å²) in [5.41, 5.74) is 6.58. The summed E-state index contributed by atoms with van der Waals surface area (Å²) in [4.78, 5) is 11.1. The molecule has 3 N–H and O–H groups in total. The largest absolute Gasteiger partial charge is 0.495 e. The minimum atomic E-state index is -0.580. The molecular formula is C15H15FN2O2. The van der Waals surface area contributed by atoms with Crippen LogP contribution in [0.25, 0.3) is 0 Å². The number of ether oxygens (including phenoxy) is 1. The van der Waals surface area contributed by atoms with Gasteiger partial charge in [-0.25, -0.2) is 4.39 Å². The Morgan fingerprint density at radius 3 is 2.75 bits per heavy atom. The Morgan fingerprint density at radius 1 is 1.30 bits per heavy atom. The van der Waals surface area contributed by atoms with Gasteiger partial charge in [-0.15, -0.1) is 0 Å². The van der Waals surface area contributed by atoms with Crippen LogP contribution >= 0.6 is 0 Å². The summed E-state index contributed by atoms with van der Waals surface area (Å²) >= 11 is 0. The minimum Gasteiger partial charge on any atom is -0.495 e. The van der Waals surface area contributed by atoms with Crippen molar-refractivity contribution in [1.82, 2.24) is 0 Å². The first-order chi connectivity index (χ1) is 9.61. The van der Waals surface area contributed by atoms with E-state index in [0.29, 0.717) is 11.3 Å². The molecule has 2 rings (SSSR count). The normalized spacial score (nSPS) is 10.1. The zero-order valence-corrected chi connectivity index (χ0v) is 11.0. The van der Waals surface area contributed by atoms with Crippen LogP contribution in [0, 0.1) is 5.82 Å². The Labute approximate surface area is 116 Å². The van der Waals surface area contributed by atoms with E-state index in [0.717, 1.165) is 5.69 Å². The van der Waals surface area contributed by atoms with Gasteiger partial charge in [0.2, 0.25) is 5.91 Å². The summed E-state index contributed by atoms with van der Waals surface area (Å²) in [6.45, 7) is 0.229. The highest BCUT2D eigenvalue weighted by atomic mass is 19.1. The second kappa shape index (κ2) is 6.06. The lowest BCUT2D eigenvalue weighted by Gasteiger charge is -2.11. The summed E-state index contributed by atoms with van der Waals surface area (Å²) in [5, 5.41) is 3.07. The topological polar surface area (TPSA) is 64.3 Å². The van der Waals surface area contributed by atoms with E-state index in [4.69, 9.17) is 10.5 Å². The van der Waals surface area contributed by atoms with Crippen molar-refractivity contribution in [2.24, 2.45) is 5.73 Å². The monoisotopic (exact) mass is 274 g/mol. The SMILES string of the molecule is COc1ccccc1NCc1cc(C(N)=O)ccc1F. The van der Waals surface area contributed by atoms with Gasteiger partial charge in [-0.3, -0.25) is 4.79 Å². The minimum absolute atomic E-state index is 0.229. The lowest BCUT2D eigenvalue weighted by atomic mass is 10.1. The first kappa shape index (κ1) is 13.9. The predicted octanol–water partition coefficient (Wildman–Crippen LogP) is 2.55. The summed E-state index contributed by atoms with van der Waals surface area (Å²) < 4.78 is 18.9. The first-order valence-corrected chi connectivity index (χ1v) is 6.07. The van der Waals surface area contributed by atoms with Crippen LogP contribution in [-0.4, -0.2) is 13.0 Å². The van der Waals surface area contributed by atoms with Crippen LogP contribution < -0.4 is 15.8 Å². The predicted molar refractivity (Wildman–Crippen MR) is 75.2 cm³/mol. The number of halogens is 1. The number of nitrogens with one attached hydrogen (secondary N) is 1. The van der Waals surface area contributed by atoms with E-state index in [-0.39, 0.29) is 12.1 Å². The Morgan fingerprint density at radius 2 is 2.05 bits per heavy atom. The molecule has 0 unspecified atom stereocenters. The summed E-state index contributed by atoms with van der Waals surface area (Å²) in [6, 6.07) is 11.4. The van der Waals surface area contributed by atoms with Gasteiger partial charge in [0, 0.05) is 17.7 Å². The van der Waals surface area contributed by atoms with Crippen LogP contribution in [0.15, 0.2) is 42.5 Å². The molecule has 104 valence electrons. The number of rotatable bonds is 5. The lowest BCUT2D eigenvalue weighted by molar-refractivity contribution is 0.1000. The van der Waals surface area contributed by atoms with Gasteiger partial charge in [0.15, 0.2) is 0 Å². The van der Waals surface area contributed by atoms with E-state index in [1.807, 2.05) is 18.2 Å². The molecular weight excluding hydrogens is 259 g/mol. The molecule has 0 fully saturated rings. The van der Waals surface area contributed by atoms with Crippen molar-refractivity contribution in [3.63, 3.8) is 0 Å². The summed E-state index contributed by atoms with van der Waals surface area (Å²) in [6.07, 6.45) is 0. The van der Waals surface area contributed by atoms with Gasteiger partial charge in [-0.1, -0.05) is 12.1 Å². The van der Waals surface area contributed by atoms with Crippen LogP contribution in [0.5, 0.6) is 5.75 Å².